The molecule has 0 unspecified atom stereocenters. The predicted octanol–water partition coefficient (Wildman–Crippen LogP) is 4.30. The lowest BCUT2D eigenvalue weighted by Gasteiger charge is -2.20. The number of fused-ring (bicyclic) bond motifs is 1. The molecular weight excluding hydrogens is 379 g/mol. The molecule has 0 bridgehead atoms. The van der Waals surface area contributed by atoms with E-state index in [2.05, 4.69) is 34.6 Å². The number of hydrogen-bond acceptors (Lipinski definition) is 6. The summed E-state index contributed by atoms with van der Waals surface area (Å²) in [5.41, 5.74) is 3.70. The fourth-order valence-corrected chi connectivity index (χ4v) is 3.98. The number of hydrogen-bond donors (Lipinski definition) is 0. The van der Waals surface area contributed by atoms with E-state index in [4.69, 9.17) is 9.47 Å². The van der Waals surface area contributed by atoms with E-state index >= 15 is 0 Å². The van der Waals surface area contributed by atoms with Crippen LogP contribution in [0.15, 0.2) is 41.6 Å². The fourth-order valence-electron chi connectivity index (χ4n) is 3.12. The van der Waals surface area contributed by atoms with Gasteiger partial charge < -0.3 is 9.47 Å². The molecule has 0 saturated heterocycles. The molecule has 2 aromatic carbocycles. The van der Waals surface area contributed by atoms with Crippen molar-refractivity contribution < 1.29 is 13.9 Å². The molecule has 6 nitrogen and oxygen atoms in total. The number of rotatable bonds is 7. The lowest BCUT2D eigenvalue weighted by atomic mass is 10.1. The molecule has 1 aromatic heterocycles. The van der Waals surface area contributed by atoms with Crippen LogP contribution in [0.3, 0.4) is 0 Å². The third-order valence-electron chi connectivity index (χ3n) is 4.55. The summed E-state index contributed by atoms with van der Waals surface area (Å²) < 4.78 is 26.4. The van der Waals surface area contributed by atoms with Crippen LogP contribution < -0.4 is 4.74 Å². The van der Waals surface area contributed by atoms with Crippen molar-refractivity contribution in [2.75, 3.05) is 6.79 Å². The van der Waals surface area contributed by atoms with Crippen molar-refractivity contribution in [3.63, 3.8) is 0 Å². The number of nitrogens with zero attached hydrogens (tertiary/aromatic N) is 4. The zero-order chi connectivity index (χ0) is 19.3. The molecule has 0 atom stereocenters. The van der Waals surface area contributed by atoms with Crippen molar-refractivity contribution in [3.8, 4) is 11.4 Å². The van der Waals surface area contributed by atoms with Crippen LogP contribution in [0.5, 0.6) is 5.75 Å². The minimum Gasteiger partial charge on any atom is -0.467 e. The number of ether oxygens (including phenoxy) is 2. The molecule has 0 saturated carbocycles. The monoisotopic (exact) mass is 400 g/mol. The number of benzene rings is 2. The summed E-state index contributed by atoms with van der Waals surface area (Å²) in [4.78, 5) is 0. The fraction of sp³-hybridized carbons (Fsp3) is 0.350. The first-order valence-electron chi connectivity index (χ1n) is 9.27. The van der Waals surface area contributed by atoms with E-state index in [-0.39, 0.29) is 12.6 Å². The second-order valence-electron chi connectivity index (χ2n) is 6.60. The number of aromatic nitrogens is 4. The van der Waals surface area contributed by atoms with Crippen LogP contribution in [0, 0.1) is 5.82 Å². The quantitative estimate of drug-likeness (QED) is 0.551. The van der Waals surface area contributed by atoms with Gasteiger partial charge in [-0.3, -0.25) is 0 Å². The van der Waals surface area contributed by atoms with Crippen molar-refractivity contribution in [1.29, 1.82) is 0 Å². The van der Waals surface area contributed by atoms with Crippen LogP contribution in [0.25, 0.3) is 5.69 Å². The summed E-state index contributed by atoms with van der Waals surface area (Å²) in [7, 11) is 0. The third kappa shape index (κ3) is 4.18. The summed E-state index contributed by atoms with van der Waals surface area (Å²) in [6.45, 7) is 2.72. The molecule has 0 N–H and O–H groups in total. The number of thioether (sulfide) groups is 1. The average Bonchev–Trinajstić information content (AvgIpc) is 3.19. The maximum absolute atomic E-state index is 13.9. The second-order valence-corrected chi connectivity index (χ2v) is 7.54. The maximum Gasteiger partial charge on any atom is 0.214 e. The zero-order valence-corrected chi connectivity index (χ0v) is 16.4. The topological polar surface area (TPSA) is 62.1 Å². The molecule has 1 aliphatic rings. The highest BCUT2D eigenvalue weighted by Crippen LogP contribution is 2.33. The Morgan fingerprint density at radius 3 is 2.89 bits per heavy atom. The Morgan fingerprint density at radius 1 is 1.21 bits per heavy atom. The average molecular weight is 400 g/mol. The van der Waals surface area contributed by atoms with E-state index in [1.807, 2.05) is 12.1 Å². The van der Waals surface area contributed by atoms with Crippen LogP contribution in [-0.4, -0.2) is 27.0 Å². The largest absolute Gasteiger partial charge is 0.467 e. The van der Waals surface area contributed by atoms with Gasteiger partial charge in [-0.15, -0.1) is 5.10 Å². The molecule has 0 radical (unpaired) electrons. The summed E-state index contributed by atoms with van der Waals surface area (Å²) >= 11 is 1.44. The molecule has 0 fully saturated rings. The molecule has 0 aliphatic carbocycles. The van der Waals surface area contributed by atoms with Crippen LogP contribution >= 0.6 is 11.8 Å². The van der Waals surface area contributed by atoms with Gasteiger partial charge in [-0.25, -0.2) is 4.39 Å². The summed E-state index contributed by atoms with van der Waals surface area (Å²) in [5, 5.41) is 12.7. The van der Waals surface area contributed by atoms with E-state index in [0.717, 1.165) is 23.2 Å². The number of halogens is 1. The normalized spacial score (nSPS) is 13.2. The molecular formula is C20H21FN4O2S. The molecule has 4 rings (SSSR count). The van der Waals surface area contributed by atoms with Crippen molar-refractivity contribution in [2.45, 2.75) is 43.7 Å². The Hall–Kier alpha value is -2.45. The van der Waals surface area contributed by atoms with E-state index < -0.39 is 0 Å². The molecule has 146 valence electrons. The van der Waals surface area contributed by atoms with E-state index in [0.29, 0.717) is 23.3 Å². The minimum atomic E-state index is -0.300. The van der Waals surface area contributed by atoms with Gasteiger partial charge in [-0.05, 0) is 53.1 Å². The van der Waals surface area contributed by atoms with Gasteiger partial charge in [0.1, 0.15) is 11.6 Å². The molecule has 2 heterocycles. The van der Waals surface area contributed by atoms with Gasteiger partial charge in [-0.1, -0.05) is 37.2 Å². The Bertz CT molecular complexity index is 946. The summed E-state index contributed by atoms with van der Waals surface area (Å²) in [6.07, 6.45) is 3.42. The van der Waals surface area contributed by atoms with E-state index in [1.54, 1.807) is 4.68 Å². The first-order chi connectivity index (χ1) is 13.7. The Labute approximate surface area is 167 Å². The van der Waals surface area contributed by atoms with Gasteiger partial charge in [0.15, 0.2) is 6.79 Å². The third-order valence-corrected chi connectivity index (χ3v) is 5.52. The van der Waals surface area contributed by atoms with Crippen molar-refractivity contribution >= 4 is 11.8 Å². The molecule has 28 heavy (non-hydrogen) atoms. The predicted molar refractivity (Wildman–Crippen MR) is 104 cm³/mol. The Balaban J connectivity index is 1.51. The van der Waals surface area contributed by atoms with Crippen LogP contribution in [0.2, 0.25) is 0 Å². The van der Waals surface area contributed by atoms with E-state index in [1.165, 1.54) is 42.3 Å². The molecule has 1 aliphatic heterocycles. The second kappa shape index (κ2) is 8.70. The van der Waals surface area contributed by atoms with Crippen LogP contribution in [0.4, 0.5) is 4.39 Å². The van der Waals surface area contributed by atoms with Gasteiger partial charge in [0.05, 0.1) is 12.3 Å². The van der Waals surface area contributed by atoms with Gasteiger partial charge in [0, 0.05) is 16.9 Å². The number of aryl methyl sites for hydroxylation is 1. The van der Waals surface area contributed by atoms with E-state index in [9.17, 15) is 4.39 Å². The summed E-state index contributed by atoms with van der Waals surface area (Å²) in [6, 6.07) is 11.2. The molecule has 8 heteroatoms. The van der Waals surface area contributed by atoms with Gasteiger partial charge in [0.2, 0.25) is 5.16 Å². The smallest absolute Gasteiger partial charge is 0.214 e. The Kier molecular flexibility index (Phi) is 5.87. The van der Waals surface area contributed by atoms with Gasteiger partial charge >= 0.3 is 0 Å². The minimum absolute atomic E-state index is 0.179. The van der Waals surface area contributed by atoms with Crippen LogP contribution in [-0.2, 0) is 23.5 Å². The first-order valence-corrected chi connectivity index (χ1v) is 10.3. The lowest BCUT2D eigenvalue weighted by Crippen LogP contribution is -2.13. The molecule has 0 spiro atoms. The van der Waals surface area contributed by atoms with Gasteiger partial charge in [0.25, 0.3) is 0 Å². The molecule has 3 aromatic rings. The lowest BCUT2D eigenvalue weighted by molar-refractivity contribution is -0.0171. The van der Waals surface area contributed by atoms with Crippen molar-refractivity contribution in [1.82, 2.24) is 20.2 Å². The molecule has 0 amide bonds. The highest BCUT2D eigenvalue weighted by Gasteiger charge is 2.18. The number of tetrazole rings is 1. The highest BCUT2D eigenvalue weighted by molar-refractivity contribution is 7.98. The Morgan fingerprint density at radius 2 is 2.07 bits per heavy atom. The van der Waals surface area contributed by atoms with Crippen molar-refractivity contribution in [2.24, 2.45) is 0 Å². The standard InChI is InChI=1S/C20H21FN4O2S/c1-2-3-4-14-5-7-18(8-6-14)25-20(22-23-24-25)28-12-16-10-17(21)9-15-11-26-13-27-19(15)16/h5-10H,2-4,11-13H2,1H3. The van der Waals surface area contributed by atoms with Crippen molar-refractivity contribution in [3.05, 3.63) is 58.9 Å². The maximum atomic E-state index is 13.9. The SMILES string of the molecule is CCCCc1ccc(-n2nnnc2SCc2cc(F)cc3c2OCOC3)cc1. The number of unbranched alkanes of at least 4 members (excludes halogenated alkanes) is 1. The highest BCUT2D eigenvalue weighted by atomic mass is 32.2. The first kappa shape index (κ1) is 18.9. The summed E-state index contributed by atoms with van der Waals surface area (Å²) in [5.74, 6) is 0.889. The van der Waals surface area contributed by atoms with Crippen LogP contribution in [0.1, 0.15) is 36.5 Å². The van der Waals surface area contributed by atoms with Gasteiger partial charge in [-0.2, -0.15) is 4.68 Å². The zero-order valence-electron chi connectivity index (χ0n) is 15.6.